The third kappa shape index (κ3) is 5.29. The Morgan fingerprint density at radius 3 is 2.42 bits per heavy atom. The Morgan fingerprint density at radius 1 is 1.03 bits per heavy atom. The first-order valence-electron chi connectivity index (χ1n) is 11.1. The van der Waals surface area contributed by atoms with Gasteiger partial charge in [-0.3, -0.25) is 14.5 Å². The van der Waals surface area contributed by atoms with E-state index < -0.39 is 0 Å². The van der Waals surface area contributed by atoms with Crippen LogP contribution >= 0.6 is 0 Å². The number of anilines is 1. The zero-order chi connectivity index (χ0) is 23.4. The molecule has 168 valence electrons. The number of hydrogen-bond acceptors (Lipinski definition) is 3. The summed E-state index contributed by atoms with van der Waals surface area (Å²) >= 11 is 0. The molecule has 1 aliphatic rings. The lowest BCUT2D eigenvalue weighted by molar-refractivity contribution is -0.120. The van der Waals surface area contributed by atoms with Crippen LogP contribution in [0, 0.1) is 0 Å². The summed E-state index contributed by atoms with van der Waals surface area (Å²) in [5, 5.41) is 2.94. The van der Waals surface area contributed by atoms with Crippen LogP contribution in [0.25, 0.3) is 6.08 Å². The maximum Gasteiger partial charge on any atom is 0.282 e. The standard InChI is InChI=1S/C27H28N4O2/c1-18(2)24-14-11-22(30-24)16-25-27(33)31(19(3)29-25)23-12-9-20(10-13-23)15-26(32)28-17-21-7-5-4-6-8-21/h4-14,16,18,30H,15,17H2,1-3H3,(H,28,32)/b25-16-. The molecule has 3 aromatic rings. The average molecular weight is 441 g/mol. The van der Waals surface area contributed by atoms with E-state index in [9.17, 15) is 9.59 Å². The van der Waals surface area contributed by atoms with Crippen LogP contribution in [-0.4, -0.2) is 22.6 Å². The highest BCUT2D eigenvalue weighted by Crippen LogP contribution is 2.26. The zero-order valence-electron chi connectivity index (χ0n) is 19.1. The number of nitrogens with zero attached hydrogens (tertiary/aromatic N) is 2. The van der Waals surface area contributed by atoms with E-state index in [4.69, 9.17) is 0 Å². The molecule has 0 bridgehead atoms. The Hall–Kier alpha value is -3.93. The first-order valence-corrected chi connectivity index (χ1v) is 11.1. The molecule has 0 saturated heterocycles. The number of aromatic nitrogens is 1. The summed E-state index contributed by atoms with van der Waals surface area (Å²) < 4.78 is 0. The SMILES string of the molecule is CC1=N/C(=C\c2ccc(C(C)C)[nH]2)C(=O)N1c1ccc(CC(=O)NCc2ccccc2)cc1. The molecule has 0 spiro atoms. The van der Waals surface area contributed by atoms with Crippen molar-refractivity contribution in [3.05, 3.63) is 94.9 Å². The van der Waals surface area contributed by atoms with Crippen molar-refractivity contribution in [3.63, 3.8) is 0 Å². The van der Waals surface area contributed by atoms with Crippen molar-refractivity contribution >= 4 is 29.4 Å². The van der Waals surface area contributed by atoms with E-state index in [1.54, 1.807) is 11.0 Å². The van der Waals surface area contributed by atoms with Crippen molar-refractivity contribution < 1.29 is 9.59 Å². The highest BCUT2D eigenvalue weighted by molar-refractivity contribution is 6.28. The maximum atomic E-state index is 13.0. The molecule has 2 amide bonds. The van der Waals surface area contributed by atoms with Crippen molar-refractivity contribution in [1.82, 2.24) is 10.3 Å². The molecule has 33 heavy (non-hydrogen) atoms. The number of carbonyl (C=O) groups excluding carboxylic acids is 2. The number of aliphatic imine (C=N–C) groups is 1. The highest BCUT2D eigenvalue weighted by Gasteiger charge is 2.29. The molecule has 0 fully saturated rings. The van der Waals surface area contributed by atoms with Crippen molar-refractivity contribution in [1.29, 1.82) is 0 Å². The maximum absolute atomic E-state index is 13.0. The van der Waals surface area contributed by atoms with Crippen molar-refractivity contribution in [2.45, 2.75) is 39.7 Å². The predicted octanol–water partition coefficient (Wildman–Crippen LogP) is 4.80. The van der Waals surface area contributed by atoms with Crippen LogP contribution in [0.3, 0.4) is 0 Å². The molecular weight excluding hydrogens is 412 g/mol. The highest BCUT2D eigenvalue weighted by atomic mass is 16.2. The van der Waals surface area contributed by atoms with E-state index in [-0.39, 0.29) is 18.2 Å². The summed E-state index contributed by atoms with van der Waals surface area (Å²) in [5.74, 6) is 0.799. The number of benzene rings is 2. The van der Waals surface area contributed by atoms with Gasteiger partial charge in [0, 0.05) is 17.9 Å². The first kappa shape index (κ1) is 22.3. The second kappa shape index (κ2) is 9.69. The Balaban J connectivity index is 1.40. The van der Waals surface area contributed by atoms with Crippen LogP contribution in [0.4, 0.5) is 5.69 Å². The van der Waals surface area contributed by atoms with Crippen molar-refractivity contribution in [3.8, 4) is 0 Å². The molecule has 6 nitrogen and oxygen atoms in total. The van der Waals surface area contributed by atoms with Crippen molar-refractivity contribution in [2.75, 3.05) is 4.90 Å². The van der Waals surface area contributed by atoms with E-state index in [2.05, 4.69) is 29.1 Å². The molecule has 1 aromatic heterocycles. The molecule has 0 saturated carbocycles. The van der Waals surface area contributed by atoms with Gasteiger partial charge in [-0.25, -0.2) is 4.99 Å². The quantitative estimate of drug-likeness (QED) is 0.518. The number of nitrogens with one attached hydrogen (secondary N) is 2. The summed E-state index contributed by atoms with van der Waals surface area (Å²) in [6.45, 7) is 6.55. The smallest absolute Gasteiger partial charge is 0.282 e. The van der Waals surface area contributed by atoms with Gasteiger partial charge in [-0.1, -0.05) is 56.3 Å². The van der Waals surface area contributed by atoms with E-state index in [1.165, 1.54) is 0 Å². The summed E-state index contributed by atoms with van der Waals surface area (Å²) in [7, 11) is 0. The van der Waals surface area contributed by atoms with Gasteiger partial charge >= 0.3 is 0 Å². The molecule has 6 heteroatoms. The Bertz CT molecular complexity index is 1200. The fourth-order valence-electron chi connectivity index (χ4n) is 3.74. The van der Waals surface area contributed by atoms with Gasteiger partial charge in [-0.2, -0.15) is 0 Å². The lowest BCUT2D eigenvalue weighted by Crippen LogP contribution is -2.30. The number of amidine groups is 1. The minimum absolute atomic E-state index is 0.0430. The van der Waals surface area contributed by atoms with Gasteiger partial charge in [-0.05, 0) is 54.3 Å². The number of aromatic amines is 1. The van der Waals surface area contributed by atoms with Gasteiger partial charge < -0.3 is 10.3 Å². The minimum atomic E-state index is -0.165. The molecule has 0 aliphatic carbocycles. The monoisotopic (exact) mass is 440 g/mol. The summed E-state index contributed by atoms with van der Waals surface area (Å²) in [4.78, 5) is 34.7. The lowest BCUT2D eigenvalue weighted by Gasteiger charge is -2.16. The third-order valence-electron chi connectivity index (χ3n) is 5.57. The molecule has 2 N–H and O–H groups in total. The fraction of sp³-hybridized carbons (Fsp3) is 0.222. The van der Waals surface area contributed by atoms with Crippen LogP contribution < -0.4 is 10.2 Å². The fourth-order valence-corrected chi connectivity index (χ4v) is 3.74. The molecule has 0 unspecified atom stereocenters. The third-order valence-corrected chi connectivity index (χ3v) is 5.57. The molecule has 0 radical (unpaired) electrons. The van der Waals surface area contributed by atoms with E-state index in [0.717, 1.165) is 28.2 Å². The van der Waals surface area contributed by atoms with Crippen LogP contribution in [0.5, 0.6) is 0 Å². The lowest BCUT2D eigenvalue weighted by atomic mass is 10.1. The topological polar surface area (TPSA) is 77.6 Å². The number of hydrogen-bond donors (Lipinski definition) is 2. The molecule has 2 aromatic carbocycles. The van der Waals surface area contributed by atoms with E-state index >= 15 is 0 Å². The molecule has 0 atom stereocenters. The number of rotatable bonds is 7. The summed E-state index contributed by atoms with van der Waals surface area (Å²) in [5.41, 5.74) is 5.05. The first-order chi connectivity index (χ1) is 15.9. The number of H-pyrrole nitrogens is 1. The van der Waals surface area contributed by atoms with Crippen LogP contribution in [-0.2, 0) is 22.6 Å². The van der Waals surface area contributed by atoms with Gasteiger partial charge in [0.1, 0.15) is 11.5 Å². The largest absolute Gasteiger partial charge is 0.359 e. The predicted molar refractivity (Wildman–Crippen MR) is 132 cm³/mol. The van der Waals surface area contributed by atoms with E-state index in [1.807, 2.05) is 73.7 Å². The van der Waals surface area contributed by atoms with Gasteiger partial charge in [0.15, 0.2) is 0 Å². The Morgan fingerprint density at radius 2 is 1.76 bits per heavy atom. The number of amides is 2. The summed E-state index contributed by atoms with van der Waals surface area (Å²) in [6.07, 6.45) is 2.06. The van der Waals surface area contributed by atoms with Crippen LogP contribution in [0.15, 0.2) is 77.4 Å². The van der Waals surface area contributed by atoms with Gasteiger partial charge in [-0.15, -0.1) is 0 Å². The van der Waals surface area contributed by atoms with Gasteiger partial charge in [0.05, 0.1) is 12.1 Å². The second-order valence-corrected chi connectivity index (χ2v) is 8.46. The average Bonchev–Trinajstić information content (AvgIpc) is 3.38. The molecule has 4 rings (SSSR count). The minimum Gasteiger partial charge on any atom is -0.359 e. The molecular formula is C27H28N4O2. The second-order valence-electron chi connectivity index (χ2n) is 8.46. The Kier molecular flexibility index (Phi) is 6.54. The van der Waals surface area contributed by atoms with Gasteiger partial charge in [0.2, 0.25) is 5.91 Å². The van der Waals surface area contributed by atoms with Gasteiger partial charge in [0.25, 0.3) is 5.91 Å². The molecule has 1 aliphatic heterocycles. The normalized spacial score (nSPS) is 14.8. The summed E-state index contributed by atoms with van der Waals surface area (Å²) in [6, 6.07) is 21.3. The van der Waals surface area contributed by atoms with Crippen molar-refractivity contribution in [2.24, 2.45) is 4.99 Å². The Labute approximate surface area is 194 Å². The molecule has 2 heterocycles. The zero-order valence-corrected chi connectivity index (χ0v) is 19.1. The van der Waals surface area contributed by atoms with E-state index in [0.29, 0.717) is 24.0 Å². The van der Waals surface area contributed by atoms with Crippen LogP contribution in [0.2, 0.25) is 0 Å². The number of carbonyl (C=O) groups is 2. The van der Waals surface area contributed by atoms with Crippen LogP contribution in [0.1, 0.15) is 49.2 Å².